The van der Waals surface area contributed by atoms with E-state index in [4.69, 9.17) is 0 Å². The lowest BCUT2D eigenvalue weighted by Gasteiger charge is -2.33. The zero-order valence-electron chi connectivity index (χ0n) is 12.0. The van der Waals surface area contributed by atoms with Gasteiger partial charge in [-0.25, -0.2) is 0 Å². The van der Waals surface area contributed by atoms with Crippen LogP contribution in [0.4, 0.5) is 0 Å². The summed E-state index contributed by atoms with van der Waals surface area (Å²) < 4.78 is 30.2. The van der Waals surface area contributed by atoms with E-state index in [2.05, 4.69) is 14.4 Å². The van der Waals surface area contributed by atoms with Crippen molar-refractivity contribution in [3.05, 3.63) is 48.3 Å². The van der Waals surface area contributed by atoms with Crippen molar-refractivity contribution in [2.45, 2.75) is 23.8 Å². The van der Waals surface area contributed by atoms with Crippen LogP contribution in [-0.2, 0) is 10.0 Å². The lowest BCUT2D eigenvalue weighted by atomic mass is 10.0. The van der Waals surface area contributed by atoms with Crippen LogP contribution >= 0.6 is 0 Å². The van der Waals surface area contributed by atoms with E-state index in [0.29, 0.717) is 16.8 Å². The topological polar surface area (TPSA) is 67.6 Å². The summed E-state index contributed by atoms with van der Waals surface area (Å²) in [6.45, 7) is 1.57. The highest BCUT2D eigenvalue weighted by molar-refractivity contribution is 7.90. The molecule has 2 aromatic rings. The molecule has 2 aliphatic heterocycles. The maximum Gasteiger partial charge on any atom is 0.285 e. The Balaban J connectivity index is 1.58. The molecular formula is C15H16N4O2S. The van der Waals surface area contributed by atoms with Gasteiger partial charge in [-0.05, 0) is 31.0 Å². The lowest BCUT2D eigenvalue weighted by Crippen LogP contribution is -2.39. The van der Waals surface area contributed by atoms with E-state index in [1.807, 2.05) is 29.1 Å². The number of amidine groups is 1. The molecule has 4 rings (SSSR count). The van der Waals surface area contributed by atoms with Crippen molar-refractivity contribution in [1.29, 1.82) is 0 Å². The summed E-state index contributed by atoms with van der Waals surface area (Å²) in [7, 11) is -3.53. The third-order valence-corrected chi connectivity index (χ3v) is 5.60. The first-order valence-electron chi connectivity index (χ1n) is 7.33. The zero-order chi connectivity index (χ0) is 15.2. The van der Waals surface area contributed by atoms with Crippen LogP contribution in [0.15, 0.2) is 52.0 Å². The second-order valence-electron chi connectivity index (χ2n) is 5.59. The molecule has 1 fully saturated rings. The van der Waals surface area contributed by atoms with Crippen molar-refractivity contribution in [2.75, 3.05) is 13.1 Å². The van der Waals surface area contributed by atoms with Crippen LogP contribution in [0.2, 0.25) is 0 Å². The summed E-state index contributed by atoms with van der Waals surface area (Å²) >= 11 is 0. The Morgan fingerprint density at radius 3 is 2.59 bits per heavy atom. The Morgan fingerprint density at radius 2 is 1.86 bits per heavy atom. The molecule has 0 atom stereocenters. The molecular weight excluding hydrogens is 300 g/mol. The molecule has 7 heteroatoms. The van der Waals surface area contributed by atoms with Gasteiger partial charge in [0, 0.05) is 31.0 Å². The largest absolute Gasteiger partial charge is 0.355 e. The van der Waals surface area contributed by atoms with Crippen molar-refractivity contribution in [1.82, 2.24) is 14.7 Å². The summed E-state index contributed by atoms with van der Waals surface area (Å²) in [5.74, 6) is 0.592. The molecule has 2 aliphatic rings. The monoisotopic (exact) mass is 316 g/mol. The zero-order valence-corrected chi connectivity index (χ0v) is 12.8. The van der Waals surface area contributed by atoms with Gasteiger partial charge >= 0.3 is 0 Å². The van der Waals surface area contributed by atoms with Gasteiger partial charge in [-0.2, -0.15) is 13.5 Å². The van der Waals surface area contributed by atoms with Gasteiger partial charge in [-0.15, -0.1) is 4.40 Å². The molecule has 0 saturated carbocycles. The third-order valence-electron chi connectivity index (χ3n) is 4.28. The van der Waals surface area contributed by atoms with E-state index in [1.54, 1.807) is 18.3 Å². The number of piperidine rings is 1. The summed E-state index contributed by atoms with van der Waals surface area (Å²) in [6.07, 6.45) is 5.63. The Kier molecular flexibility index (Phi) is 3.04. The maximum atomic E-state index is 12.1. The maximum absolute atomic E-state index is 12.1. The van der Waals surface area contributed by atoms with Crippen LogP contribution in [0, 0.1) is 0 Å². The summed E-state index contributed by atoms with van der Waals surface area (Å²) in [5.41, 5.74) is 0.722. The molecule has 3 heterocycles. The van der Waals surface area contributed by atoms with Crippen LogP contribution in [0.1, 0.15) is 24.4 Å². The van der Waals surface area contributed by atoms with Crippen molar-refractivity contribution in [3.63, 3.8) is 0 Å². The van der Waals surface area contributed by atoms with Gasteiger partial charge in [0.15, 0.2) is 5.84 Å². The first kappa shape index (κ1) is 13.5. The van der Waals surface area contributed by atoms with Crippen LogP contribution in [0.25, 0.3) is 0 Å². The van der Waals surface area contributed by atoms with Gasteiger partial charge in [0.25, 0.3) is 10.0 Å². The predicted molar refractivity (Wildman–Crippen MR) is 82.2 cm³/mol. The molecule has 1 aromatic heterocycles. The summed E-state index contributed by atoms with van der Waals surface area (Å²) in [4.78, 5) is 2.39. The minimum atomic E-state index is -3.53. The SMILES string of the molecule is O=S1(=O)N=C(N2CCC(n3cccn3)CC2)c2ccccc21. The highest BCUT2D eigenvalue weighted by Gasteiger charge is 2.33. The molecule has 1 saturated heterocycles. The number of sulfonamides is 1. The number of hydrogen-bond acceptors (Lipinski definition) is 4. The first-order chi connectivity index (χ1) is 10.6. The fourth-order valence-corrected chi connectivity index (χ4v) is 4.38. The molecule has 22 heavy (non-hydrogen) atoms. The van der Waals surface area contributed by atoms with Crippen LogP contribution < -0.4 is 0 Å². The fourth-order valence-electron chi connectivity index (χ4n) is 3.16. The average Bonchev–Trinajstić information content (AvgIpc) is 3.15. The second-order valence-corrected chi connectivity index (χ2v) is 7.16. The van der Waals surface area contributed by atoms with Crippen molar-refractivity contribution in [2.24, 2.45) is 4.40 Å². The first-order valence-corrected chi connectivity index (χ1v) is 8.77. The number of likely N-dealkylation sites (tertiary alicyclic amines) is 1. The third kappa shape index (κ3) is 2.12. The number of rotatable bonds is 1. The Hall–Kier alpha value is -2.15. The number of nitrogens with zero attached hydrogens (tertiary/aromatic N) is 4. The highest BCUT2D eigenvalue weighted by Crippen LogP contribution is 2.30. The number of aromatic nitrogens is 2. The number of hydrogen-bond donors (Lipinski definition) is 0. The molecule has 0 amide bonds. The van der Waals surface area contributed by atoms with Gasteiger partial charge in [0.05, 0.1) is 6.04 Å². The standard InChI is InChI=1S/C15H16N4O2S/c20-22(21)14-5-2-1-4-13(14)15(17-22)18-10-6-12(7-11-18)19-9-3-8-16-19/h1-5,8-9,12H,6-7,10-11H2. The van der Waals surface area contributed by atoms with Crippen LogP contribution in [0.3, 0.4) is 0 Å². The van der Waals surface area contributed by atoms with Crippen molar-refractivity contribution >= 4 is 15.9 Å². The van der Waals surface area contributed by atoms with Crippen molar-refractivity contribution in [3.8, 4) is 0 Å². The van der Waals surface area contributed by atoms with E-state index < -0.39 is 10.0 Å². The van der Waals surface area contributed by atoms with Gasteiger partial charge in [-0.3, -0.25) is 4.68 Å². The lowest BCUT2D eigenvalue weighted by molar-refractivity contribution is 0.254. The second kappa shape index (κ2) is 4.95. The molecule has 0 radical (unpaired) electrons. The minimum absolute atomic E-state index is 0.319. The average molecular weight is 316 g/mol. The normalized spacial score (nSPS) is 20.7. The van der Waals surface area contributed by atoms with Crippen molar-refractivity contribution < 1.29 is 8.42 Å². The van der Waals surface area contributed by atoms with E-state index in [9.17, 15) is 8.42 Å². The fraction of sp³-hybridized carbons (Fsp3) is 0.333. The summed E-state index contributed by atoms with van der Waals surface area (Å²) in [6, 6.07) is 9.34. The molecule has 0 N–H and O–H groups in total. The number of fused-ring (bicyclic) bond motifs is 1. The van der Waals surface area contributed by atoms with E-state index in [0.717, 1.165) is 31.5 Å². The van der Waals surface area contributed by atoms with Gasteiger partial charge < -0.3 is 4.90 Å². The molecule has 1 aromatic carbocycles. The van der Waals surface area contributed by atoms with Gasteiger partial charge in [-0.1, -0.05) is 12.1 Å². The minimum Gasteiger partial charge on any atom is -0.355 e. The smallest absolute Gasteiger partial charge is 0.285 e. The molecule has 0 bridgehead atoms. The van der Waals surface area contributed by atoms with Crippen LogP contribution in [-0.4, -0.2) is 42.0 Å². The Labute approximate surface area is 129 Å². The summed E-state index contributed by atoms with van der Waals surface area (Å²) in [5, 5.41) is 4.29. The van der Waals surface area contributed by atoms with Crippen LogP contribution in [0.5, 0.6) is 0 Å². The predicted octanol–water partition coefficient (Wildman–Crippen LogP) is 1.67. The molecule has 114 valence electrons. The molecule has 0 unspecified atom stereocenters. The molecule has 6 nitrogen and oxygen atoms in total. The molecule has 0 aliphatic carbocycles. The Bertz CT molecular complexity index is 819. The van der Waals surface area contributed by atoms with Gasteiger partial charge in [0.1, 0.15) is 4.90 Å². The Morgan fingerprint density at radius 1 is 1.09 bits per heavy atom. The van der Waals surface area contributed by atoms with E-state index >= 15 is 0 Å². The highest BCUT2D eigenvalue weighted by atomic mass is 32.2. The number of benzene rings is 1. The van der Waals surface area contributed by atoms with E-state index in [1.165, 1.54) is 0 Å². The molecule has 0 spiro atoms. The van der Waals surface area contributed by atoms with E-state index in [-0.39, 0.29) is 0 Å². The van der Waals surface area contributed by atoms with Gasteiger partial charge in [0.2, 0.25) is 0 Å². The quantitative estimate of drug-likeness (QED) is 0.802.